The molecule has 0 heterocycles. The van der Waals surface area contributed by atoms with Crippen molar-refractivity contribution in [1.82, 2.24) is 10.6 Å². The molecule has 1 atom stereocenters. The van der Waals surface area contributed by atoms with Gasteiger partial charge in [-0.15, -0.1) is 0 Å². The van der Waals surface area contributed by atoms with Gasteiger partial charge in [0.2, 0.25) is 0 Å². The van der Waals surface area contributed by atoms with E-state index in [1.807, 2.05) is 6.07 Å². The van der Waals surface area contributed by atoms with Crippen LogP contribution in [0.4, 0.5) is 4.39 Å². The molecule has 0 aliphatic rings. The summed E-state index contributed by atoms with van der Waals surface area (Å²) in [4.78, 5) is 4.17. The largest absolute Gasteiger partial charge is 0.354 e. The van der Waals surface area contributed by atoms with Gasteiger partial charge in [0.15, 0.2) is 5.96 Å². The van der Waals surface area contributed by atoms with E-state index in [0.717, 1.165) is 12.8 Å². The van der Waals surface area contributed by atoms with Crippen LogP contribution in [0.15, 0.2) is 23.2 Å². The summed E-state index contributed by atoms with van der Waals surface area (Å²) in [5, 5.41) is 15.3. The SMILES string of the molecule is CN=C(NCc1cc(C#N)ccc1F)NC(C)CCC(C)(C)C. The van der Waals surface area contributed by atoms with Gasteiger partial charge < -0.3 is 10.6 Å². The molecule has 0 bridgehead atoms. The predicted molar refractivity (Wildman–Crippen MR) is 92.6 cm³/mol. The average molecular weight is 318 g/mol. The first kappa shape index (κ1) is 19.0. The Morgan fingerprint density at radius 3 is 2.65 bits per heavy atom. The van der Waals surface area contributed by atoms with Crippen LogP contribution in [-0.2, 0) is 6.54 Å². The minimum Gasteiger partial charge on any atom is -0.354 e. The van der Waals surface area contributed by atoms with Gasteiger partial charge in [-0.3, -0.25) is 4.99 Å². The van der Waals surface area contributed by atoms with Crippen LogP contribution in [0.2, 0.25) is 0 Å². The van der Waals surface area contributed by atoms with E-state index in [1.165, 1.54) is 12.1 Å². The highest BCUT2D eigenvalue weighted by Crippen LogP contribution is 2.21. The zero-order valence-electron chi connectivity index (χ0n) is 14.7. The second-order valence-electron chi connectivity index (χ2n) is 6.99. The second-order valence-corrected chi connectivity index (χ2v) is 6.99. The highest BCUT2D eigenvalue weighted by molar-refractivity contribution is 5.79. The quantitative estimate of drug-likeness (QED) is 0.644. The first-order chi connectivity index (χ1) is 10.7. The number of rotatable bonds is 5. The lowest BCUT2D eigenvalue weighted by molar-refractivity contribution is 0.346. The van der Waals surface area contributed by atoms with E-state index in [0.29, 0.717) is 22.5 Å². The van der Waals surface area contributed by atoms with Crippen molar-refractivity contribution in [2.45, 2.75) is 53.1 Å². The molecule has 1 aromatic carbocycles. The second kappa shape index (κ2) is 8.52. The molecule has 5 heteroatoms. The maximum absolute atomic E-state index is 13.8. The van der Waals surface area contributed by atoms with Crippen LogP contribution < -0.4 is 10.6 Å². The summed E-state index contributed by atoms with van der Waals surface area (Å²) >= 11 is 0. The van der Waals surface area contributed by atoms with Gasteiger partial charge in [0.25, 0.3) is 0 Å². The van der Waals surface area contributed by atoms with Gasteiger partial charge in [-0.1, -0.05) is 20.8 Å². The Morgan fingerprint density at radius 2 is 2.09 bits per heavy atom. The molecule has 0 radical (unpaired) electrons. The summed E-state index contributed by atoms with van der Waals surface area (Å²) in [6.45, 7) is 9.05. The number of aliphatic imine (C=N–C) groups is 1. The van der Waals surface area contributed by atoms with E-state index in [9.17, 15) is 4.39 Å². The zero-order valence-corrected chi connectivity index (χ0v) is 14.7. The zero-order chi connectivity index (χ0) is 17.5. The van der Waals surface area contributed by atoms with Gasteiger partial charge in [0.05, 0.1) is 11.6 Å². The molecule has 0 aliphatic carbocycles. The van der Waals surface area contributed by atoms with Crippen LogP contribution in [0.5, 0.6) is 0 Å². The smallest absolute Gasteiger partial charge is 0.191 e. The monoisotopic (exact) mass is 318 g/mol. The van der Waals surface area contributed by atoms with Crippen molar-refractivity contribution in [3.8, 4) is 6.07 Å². The molecule has 1 rings (SSSR count). The lowest BCUT2D eigenvalue weighted by atomic mass is 9.89. The third kappa shape index (κ3) is 7.14. The fourth-order valence-electron chi connectivity index (χ4n) is 2.11. The molecular formula is C18H27FN4. The number of nitrogens with one attached hydrogen (secondary N) is 2. The summed E-state index contributed by atoms with van der Waals surface area (Å²) in [7, 11) is 1.69. The van der Waals surface area contributed by atoms with E-state index in [1.54, 1.807) is 13.1 Å². The molecule has 2 N–H and O–H groups in total. The van der Waals surface area contributed by atoms with Gasteiger partial charge >= 0.3 is 0 Å². The molecule has 126 valence electrons. The molecule has 23 heavy (non-hydrogen) atoms. The molecule has 1 aromatic rings. The number of benzene rings is 1. The molecule has 0 spiro atoms. The van der Waals surface area contributed by atoms with Crippen molar-refractivity contribution in [3.63, 3.8) is 0 Å². The number of hydrogen-bond donors (Lipinski definition) is 2. The van der Waals surface area contributed by atoms with E-state index in [-0.39, 0.29) is 18.4 Å². The Kier molecular flexibility index (Phi) is 7.02. The van der Waals surface area contributed by atoms with E-state index in [4.69, 9.17) is 5.26 Å². The van der Waals surface area contributed by atoms with Crippen molar-refractivity contribution >= 4 is 5.96 Å². The normalized spacial score (nSPS) is 13.3. The lowest BCUT2D eigenvalue weighted by Crippen LogP contribution is -2.42. The number of guanidine groups is 1. The standard InChI is InChI=1S/C18H27FN4/c1-13(8-9-18(2,3)4)23-17(21-5)22-12-15-10-14(11-20)6-7-16(15)19/h6-7,10,13H,8-9,12H2,1-5H3,(H2,21,22,23). The van der Waals surface area contributed by atoms with Crippen LogP contribution in [-0.4, -0.2) is 19.0 Å². The number of halogens is 1. The molecule has 0 saturated carbocycles. The first-order valence-electron chi connectivity index (χ1n) is 7.91. The summed E-state index contributed by atoms with van der Waals surface area (Å²) in [6, 6.07) is 6.64. The van der Waals surface area contributed by atoms with Crippen molar-refractivity contribution in [3.05, 3.63) is 35.1 Å². The van der Waals surface area contributed by atoms with Crippen molar-refractivity contribution in [2.75, 3.05) is 7.05 Å². The first-order valence-corrected chi connectivity index (χ1v) is 7.91. The molecular weight excluding hydrogens is 291 g/mol. The molecule has 0 aliphatic heterocycles. The predicted octanol–water partition coefficient (Wildman–Crippen LogP) is 3.58. The van der Waals surface area contributed by atoms with Gasteiger partial charge in [-0.05, 0) is 43.4 Å². The summed E-state index contributed by atoms with van der Waals surface area (Å²) < 4.78 is 13.8. The Labute approximate surface area is 138 Å². The number of nitriles is 1. The highest BCUT2D eigenvalue weighted by Gasteiger charge is 2.13. The topological polar surface area (TPSA) is 60.2 Å². The third-order valence-electron chi connectivity index (χ3n) is 3.56. The fraction of sp³-hybridized carbons (Fsp3) is 0.556. The van der Waals surface area contributed by atoms with E-state index >= 15 is 0 Å². The molecule has 1 unspecified atom stereocenters. The Bertz CT molecular complexity index is 582. The third-order valence-corrected chi connectivity index (χ3v) is 3.56. The molecule has 0 aromatic heterocycles. The highest BCUT2D eigenvalue weighted by atomic mass is 19.1. The van der Waals surface area contributed by atoms with Crippen LogP contribution >= 0.6 is 0 Å². The summed E-state index contributed by atoms with van der Waals surface area (Å²) in [6.07, 6.45) is 2.14. The number of hydrogen-bond acceptors (Lipinski definition) is 2. The molecule has 0 saturated heterocycles. The molecule has 4 nitrogen and oxygen atoms in total. The van der Waals surface area contributed by atoms with Crippen molar-refractivity contribution in [2.24, 2.45) is 10.4 Å². The summed E-state index contributed by atoms with van der Waals surface area (Å²) in [5.74, 6) is 0.306. The molecule has 0 fully saturated rings. The lowest BCUT2D eigenvalue weighted by Gasteiger charge is -2.23. The maximum atomic E-state index is 13.8. The van der Waals surface area contributed by atoms with Gasteiger partial charge in [-0.25, -0.2) is 4.39 Å². The fourth-order valence-corrected chi connectivity index (χ4v) is 2.11. The van der Waals surface area contributed by atoms with Gasteiger partial charge in [0.1, 0.15) is 5.82 Å². The van der Waals surface area contributed by atoms with E-state index in [2.05, 4.69) is 43.3 Å². The minimum absolute atomic E-state index is 0.274. The van der Waals surface area contributed by atoms with E-state index < -0.39 is 0 Å². The van der Waals surface area contributed by atoms with Crippen LogP contribution in [0, 0.1) is 22.6 Å². The van der Waals surface area contributed by atoms with Crippen LogP contribution in [0.25, 0.3) is 0 Å². The van der Waals surface area contributed by atoms with Crippen molar-refractivity contribution in [1.29, 1.82) is 5.26 Å². The average Bonchev–Trinajstić information content (AvgIpc) is 2.50. The van der Waals surface area contributed by atoms with Gasteiger partial charge in [-0.2, -0.15) is 5.26 Å². The Hall–Kier alpha value is -2.09. The van der Waals surface area contributed by atoms with Crippen LogP contribution in [0.3, 0.4) is 0 Å². The maximum Gasteiger partial charge on any atom is 0.191 e. The van der Waals surface area contributed by atoms with Crippen LogP contribution in [0.1, 0.15) is 51.7 Å². The van der Waals surface area contributed by atoms with Crippen molar-refractivity contribution < 1.29 is 4.39 Å². The van der Waals surface area contributed by atoms with Gasteiger partial charge in [0, 0.05) is 25.2 Å². The Morgan fingerprint density at radius 1 is 1.39 bits per heavy atom. The minimum atomic E-state index is -0.326. The number of nitrogens with zero attached hydrogens (tertiary/aromatic N) is 2. The molecule has 0 amide bonds. The Balaban J connectivity index is 2.56. The summed E-state index contributed by atoms with van der Waals surface area (Å²) in [5.41, 5.74) is 1.20.